The van der Waals surface area contributed by atoms with Crippen LogP contribution in [0.4, 0.5) is 9.52 Å². The molecule has 1 aliphatic carbocycles. The summed E-state index contributed by atoms with van der Waals surface area (Å²) < 4.78 is 27.1. The van der Waals surface area contributed by atoms with Crippen molar-refractivity contribution >= 4 is 61.5 Å². The van der Waals surface area contributed by atoms with Crippen molar-refractivity contribution < 1.29 is 13.7 Å². The molecule has 0 unspecified atom stereocenters. The van der Waals surface area contributed by atoms with Crippen LogP contribution >= 0.6 is 46.1 Å². The molecule has 2 aliphatic rings. The number of nitrogens with zero attached hydrogens (tertiary/aromatic N) is 3. The lowest BCUT2D eigenvalue weighted by atomic mass is 9.92. The molecule has 7 rings (SSSR count). The van der Waals surface area contributed by atoms with Crippen LogP contribution in [0.1, 0.15) is 47.1 Å². The fourth-order valence-corrected chi connectivity index (χ4v) is 7.20. The molecule has 0 N–H and O–H groups in total. The Hall–Kier alpha value is -2.84. The normalized spacial score (nSPS) is 15.6. The molecular weight excluding hydrogens is 592 g/mol. The molecule has 40 heavy (non-hydrogen) atoms. The maximum atomic E-state index is 14.3. The standard InChI is InChI=1S/C30H23Cl3FN3O2S/c1-15-9-24(34)28-25(10-15)40-30(35-28)37-12-17(13-37)19-8-7-18(11-23(19)33)38-14-20-27(36-39-29(20)16-5-6-16)26-21(31)3-2-4-22(26)32/h2-4,7-11,16-17H,5-6,12-14H2,1H3. The first-order chi connectivity index (χ1) is 19.4. The first kappa shape index (κ1) is 26.1. The monoisotopic (exact) mass is 613 g/mol. The number of thiazole rings is 1. The molecule has 2 aromatic heterocycles. The molecule has 3 aromatic carbocycles. The fraction of sp³-hybridized carbons (Fsp3) is 0.267. The second-order valence-corrected chi connectivity index (χ2v) is 12.6. The minimum atomic E-state index is -0.272. The number of fused-ring (bicyclic) bond motifs is 1. The van der Waals surface area contributed by atoms with Gasteiger partial charge < -0.3 is 14.2 Å². The quantitative estimate of drug-likeness (QED) is 0.183. The number of hydrogen-bond acceptors (Lipinski definition) is 6. The van der Waals surface area contributed by atoms with Gasteiger partial charge in [-0.25, -0.2) is 9.37 Å². The molecule has 5 aromatic rings. The number of rotatable bonds is 7. The van der Waals surface area contributed by atoms with E-state index >= 15 is 0 Å². The van der Waals surface area contributed by atoms with E-state index in [4.69, 9.17) is 44.1 Å². The van der Waals surface area contributed by atoms with Crippen molar-refractivity contribution in [3.8, 4) is 17.0 Å². The lowest BCUT2D eigenvalue weighted by Gasteiger charge is -2.39. The number of ether oxygens (including phenoxy) is 1. The summed E-state index contributed by atoms with van der Waals surface area (Å²) in [6.45, 7) is 3.69. The Kier molecular flexibility index (Phi) is 6.66. The summed E-state index contributed by atoms with van der Waals surface area (Å²) >= 11 is 21.2. The molecular formula is C30H23Cl3FN3O2S. The van der Waals surface area contributed by atoms with Gasteiger partial charge in [-0.2, -0.15) is 0 Å². The largest absolute Gasteiger partial charge is 0.489 e. The van der Waals surface area contributed by atoms with Crippen molar-refractivity contribution in [1.82, 2.24) is 10.1 Å². The fourth-order valence-electron chi connectivity index (χ4n) is 5.21. The lowest BCUT2D eigenvalue weighted by molar-refractivity contribution is 0.300. The molecule has 1 saturated heterocycles. The van der Waals surface area contributed by atoms with E-state index in [2.05, 4.69) is 15.0 Å². The van der Waals surface area contributed by atoms with E-state index in [0.717, 1.165) is 58.2 Å². The second kappa shape index (κ2) is 10.2. The van der Waals surface area contributed by atoms with Crippen LogP contribution < -0.4 is 9.64 Å². The van der Waals surface area contributed by atoms with Crippen molar-refractivity contribution in [3.63, 3.8) is 0 Å². The Balaban J connectivity index is 1.06. The Morgan fingerprint density at radius 2 is 1.80 bits per heavy atom. The summed E-state index contributed by atoms with van der Waals surface area (Å²) in [4.78, 5) is 6.70. The van der Waals surface area contributed by atoms with E-state index in [1.165, 1.54) is 17.4 Å². The number of benzene rings is 3. The lowest BCUT2D eigenvalue weighted by Crippen LogP contribution is -2.45. The second-order valence-electron chi connectivity index (χ2n) is 10.4. The molecule has 0 spiro atoms. The number of aryl methyl sites for hydroxylation is 1. The van der Waals surface area contributed by atoms with Gasteiger partial charge in [0, 0.05) is 35.5 Å². The molecule has 204 valence electrons. The van der Waals surface area contributed by atoms with E-state index in [-0.39, 0.29) is 18.3 Å². The van der Waals surface area contributed by atoms with Crippen LogP contribution in [0.3, 0.4) is 0 Å². The molecule has 0 atom stereocenters. The Bertz CT molecular complexity index is 1740. The highest BCUT2D eigenvalue weighted by molar-refractivity contribution is 7.22. The smallest absolute Gasteiger partial charge is 0.186 e. The molecule has 10 heteroatoms. The van der Waals surface area contributed by atoms with Crippen LogP contribution in [0.25, 0.3) is 21.5 Å². The number of halogens is 4. The van der Waals surface area contributed by atoms with Crippen LogP contribution in [0, 0.1) is 12.7 Å². The zero-order chi connectivity index (χ0) is 27.5. The van der Waals surface area contributed by atoms with Crippen molar-refractivity contribution in [2.45, 2.75) is 38.2 Å². The first-order valence-electron chi connectivity index (χ1n) is 13.0. The summed E-state index contributed by atoms with van der Waals surface area (Å²) in [6, 6.07) is 14.7. The zero-order valence-electron chi connectivity index (χ0n) is 21.4. The van der Waals surface area contributed by atoms with E-state index < -0.39 is 0 Å². The number of hydrogen-bond donors (Lipinski definition) is 0. The van der Waals surface area contributed by atoms with Crippen molar-refractivity contribution in [2.75, 3.05) is 18.0 Å². The van der Waals surface area contributed by atoms with E-state index in [1.807, 2.05) is 31.2 Å². The summed E-state index contributed by atoms with van der Waals surface area (Å²) in [6.07, 6.45) is 2.12. The molecule has 3 heterocycles. The van der Waals surface area contributed by atoms with Crippen LogP contribution in [0.2, 0.25) is 15.1 Å². The first-order valence-corrected chi connectivity index (χ1v) is 15.0. The predicted molar refractivity (Wildman–Crippen MR) is 159 cm³/mol. The third-order valence-electron chi connectivity index (χ3n) is 7.49. The SMILES string of the molecule is Cc1cc(F)c2nc(N3CC(c4ccc(OCc5c(-c6c(Cl)cccc6Cl)noc5C5CC5)cc4Cl)C3)sc2c1. The average Bonchev–Trinajstić information content (AvgIpc) is 3.51. The van der Waals surface area contributed by atoms with Crippen LogP contribution in [0.5, 0.6) is 5.75 Å². The summed E-state index contributed by atoms with van der Waals surface area (Å²) in [5.41, 5.74) is 4.50. The zero-order valence-corrected chi connectivity index (χ0v) is 24.5. The third kappa shape index (κ3) is 4.73. The van der Waals surface area contributed by atoms with Gasteiger partial charge in [-0.05, 0) is 67.3 Å². The maximum Gasteiger partial charge on any atom is 0.186 e. The van der Waals surface area contributed by atoms with E-state index in [0.29, 0.717) is 43.5 Å². The van der Waals surface area contributed by atoms with Gasteiger partial charge in [-0.15, -0.1) is 0 Å². The van der Waals surface area contributed by atoms with Gasteiger partial charge in [0.2, 0.25) is 0 Å². The Labute approximate surface area is 249 Å². The van der Waals surface area contributed by atoms with Gasteiger partial charge >= 0.3 is 0 Å². The summed E-state index contributed by atoms with van der Waals surface area (Å²) in [5.74, 6) is 1.80. The van der Waals surface area contributed by atoms with Crippen molar-refractivity contribution in [3.05, 3.63) is 91.9 Å². The summed E-state index contributed by atoms with van der Waals surface area (Å²) in [5, 5.41) is 6.84. The molecule has 1 saturated carbocycles. The highest BCUT2D eigenvalue weighted by Gasteiger charge is 2.34. The molecule has 0 bridgehead atoms. The van der Waals surface area contributed by atoms with E-state index in [9.17, 15) is 4.39 Å². The van der Waals surface area contributed by atoms with Gasteiger partial charge in [0.25, 0.3) is 0 Å². The van der Waals surface area contributed by atoms with Gasteiger partial charge in [-0.1, -0.05) is 63.4 Å². The molecule has 0 amide bonds. The highest BCUT2D eigenvalue weighted by atomic mass is 35.5. The van der Waals surface area contributed by atoms with Crippen LogP contribution in [-0.2, 0) is 6.61 Å². The van der Waals surface area contributed by atoms with Gasteiger partial charge in [0.15, 0.2) is 10.9 Å². The van der Waals surface area contributed by atoms with Gasteiger partial charge in [0.05, 0.1) is 20.3 Å². The Morgan fingerprint density at radius 3 is 2.52 bits per heavy atom. The molecule has 0 radical (unpaired) electrons. The van der Waals surface area contributed by atoms with E-state index in [1.54, 1.807) is 18.2 Å². The topological polar surface area (TPSA) is 51.4 Å². The van der Waals surface area contributed by atoms with Gasteiger partial charge in [-0.3, -0.25) is 0 Å². The summed E-state index contributed by atoms with van der Waals surface area (Å²) in [7, 11) is 0. The third-order valence-corrected chi connectivity index (χ3v) is 9.52. The van der Waals surface area contributed by atoms with Crippen molar-refractivity contribution in [2.24, 2.45) is 0 Å². The molecule has 1 aliphatic heterocycles. The predicted octanol–water partition coefficient (Wildman–Crippen LogP) is 9.42. The molecule has 2 fully saturated rings. The minimum absolute atomic E-state index is 0.257. The van der Waals surface area contributed by atoms with Crippen LogP contribution in [-0.4, -0.2) is 23.2 Å². The minimum Gasteiger partial charge on any atom is -0.489 e. The van der Waals surface area contributed by atoms with Crippen molar-refractivity contribution in [1.29, 1.82) is 0 Å². The maximum absolute atomic E-state index is 14.3. The van der Waals surface area contributed by atoms with Crippen LogP contribution in [0.15, 0.2) is 53.1 Å². The number of aromatic nitrogens is 2. The average molecular weight is 615 g/mol. The highest BCUT2D eigenvalue weighted by Crippen LogP contribution is 2.46. The number of anilines is 1. The Morgan fingerprint density at radius 1 is 1.02 bits per heavy atom. The van der Waals surface area contributed by atoms with Gasteiger partial charge in [0.1, 0.15) is 29.3 Å². The molecule has 5 nitrogen and oxygen atoms in total.